The maximum absolute atomic E-state index is 11.4. The summed E-state index contributed by atoms with van der Waals surface area (Å²) in [6, 6.07) is -0.381. The van der Waals surface area contributed by atoms with E-state index in [0.717, 1.165) is 38.8 Å². The molecule has 90 valence electrons. The molecule has 0 rings (SSSR count). The van der Waals surface area contributed by atoms with Crippen LogP contribution in [0.15, 0.2) is 0 Å². The summed E-state index contributed by atoms with van der Waals surface area (Å²) in [6.07, 6.45) is 4.34. The molecule has 15 heavy (non-hydrogen) atoms. The molecule has 0 saturated heterocycles. The Balaban J connectivity index is 3.39. The van der Waals surface area contributed by atoms with Crippen LogP contribution in [0.25, 0.3) is 0 Å². The molecule has 0 spiro atoms. The third-order valence-corrected chi connectivity index (χ3v) is 2.45. The van der Waals surface area contributed by atoms with Crippen LogP contribution >= 0.6 is 0 Å². The van der Waals surface area contributed by atoms with Gasteiger partial charge in [-0.15, -0.1) is 0 Å². The molecule has 0 aromatic heterocycles. The molecule has 0 aliphatic heterocycles. The lowest BCUT2D eigenvalue weighted by Crippen LogP contribution is -2.44. The first-order valence-corrected chi connectivity index (χ1v) is 5.83. The average Bonchev–Trinajstić information content (AvgIpc) is 2.21. The topological polar surface area (TPSA) is 81.1 Å². The third kappa shape index (κ3) is 7.33. The molecule has 0 aromatic carbocycles. The molecule has 0 heterocycles. The summed E-state index contributed by atoms with van der Waals surface area (Å²) in [5.74, 6) is 0.158. The minimum absolute atomic E-state index is 0.0381. The fourth-order valence-corrected chi connectivity index (χ4v) is 1.26. The van der Waals surface area contributed by atoms with Gasteiger partial charge in [0.2, 0.25) is 5.91 Å². The first kappa shape index (κ1) is 14.4. The van der Waals surface area contributed by atoms with E-state index in [4.69, 9.17) is 11.5 Å². The predicted molar refractivity (Wildman–Crippen MR) is 63.3 cm³/mol. The normalized spacial score (nSPS) is 12.9. The second kappa shape index (κ2) is 8.68. The van der Waals surface area contributed by atoms with Crippen LogP contribution in [-0.2, 0) is 4.79 Å². The molecule has 1 atom stereocenters. The molecule has 0 radical (unpaired) electrons. The van der Waals surface area contributed by atoms with Crippen LogP contribution in [0.1, 0.15) is 39.5 Å². The zero-order valence-electron chi connectivity index (χ0n) is 9.96. The molecule has 0 saturated carbocycles. The van der Waals surface area contributed by atoms with Crippen LogP contribution in [0.3, 0.4) is 0 Å². The third-order valence-electron chi connectivity index (χ3n) is 2.45. The Bertz CT molecular complexity index is 171. The Hall–Kier alpha value is -0.610. The van der Waals surface area contributed by atoms with Crippen molar-refractivity contribution in [2.45, 2.75) is 45.6 Å². The van der Waals surface area contributed by atoms with E-state index in [2.05, 4.69) is 5.32 Å². The van der Waals surface area contributed by atoms with E-state index in [1.54, 1.807) is 0 Å². The van der Waals surface area contributed by atoms with Gasteiger partial charge in [0.05, 0.1) is 6.04 Å². The summed E-state index contributed by atoms with van der Waals surface area (Å²) in [7, 11) is 0. The molecule has 0 aromatic rings. The number of carbonyl (C=O) groups excluding carboxylic acids is 1. The lowest BCUT2D eigenvalue weighted by atomic mass is 10.1. The van der Waals surface area contributed by atoms with Gasteiger partial charge in [-0.05, 0) is 25.3 Å². The van der Waals surface area contributed by atoms with Gasteiger partial charge in [-0.3, -0.25) is 4.79 Å². The van der Waals surface area contributed by atoms with E-state index >= 15 is 0 Å². The molecule has 0 aliphatic rings. The fourth-order valence-electron chi connectivity index (χ4n) is 1.26. The van der Waals surface area contributed by atoms with Gasteiger partial charge in [0, 0.05) is 6.54 Å². The number of nitrogens with one attached hydrogen (secondary N) is 1. The number of nitrogens with two attached hydrogens (primary N) is 2. The van der Waals surface area contributed by atoms with E-state index < -0.39 is 0 Å². The minimum atomic E-state index is -0.381. The van der Waals surface area contributed by atoms with Gasteiger partial charge in [0.15, 0.2) is 0 Å². The van der Waals surface area contributed by atoms with Gasteiger partial charge in [0.1, 0.15) is 0 Å². The highest BCUT2D eigenvalue weighted by molar-refractivity contribution is 5.81. The van der Waals surface area contributed by atoms with Crippen molar-refractivity contribution in [2.24, 2.45) is 17.4 Å². The summed E-state index contributed by atoms with van der Waals surface area (Å²) in [5, 5.41) is 2.85. The van der Waals surface area contributed by atoms with E-state index in [-0.39, 0.29) is 17.9 Å². The Kier molecular flexibility index (Phi) is 8.33. The van der Waals surface area contributed by atoms with Crippen molar-refractivity contribution < 1.29 is 4.79 Å². The second-order valence-corrected chi connectivity index (χ2v) is 4.26. The smallest absolute Gasteiger partial charge is 0.237 e. The standard InChI is InChI=1S/C11H25N3O/c1-9(2)10(13)11(15)14-8-6-4-3-5-7-12/h9-10H,3-8,12-13H2,1-2H3,(H,14,15)/t10-/m1/s1. The molecule has 0 aliphatic carbocycles. The summed E-state index contributed by atoms with van der Waals surface area (Å²) in [6.45, 7) is 5.38. The van der Waals surface area contributed by atoms with E-state index in [9.17, 15) is 4.79 Å². The Morgan fingerprint density at radius 2 is 1.80 bits per heavy atom. The molecule has 5 N–H and O–H groups in total. The van der Waals surface area contributed by atoms with Crippen LogP contribution in [0.2, 0.25) is 0 Å². The van der Waals surface area contributed by atoms with Crippen LogP contribution in [0.4, 0.5) is 0 Å². The molecule has 4 nitrogen and oxygen atoms in total. The van der Waals surface area contributed by atoms with Crippen molar-refractivity contribution in [3.63, 3.8) is 0 Å². The highest BCUT2D eigenvalue weighted by Crippen LogP contribution is 1.99. The number of unbranched alkanes of at least 4 members (excludes halogenated alkanes) is 3. The molecule has 4 heteroatoms. The molecule has 0 bridgehead atoms. The van der Waals surface area contributed by atoms with Gasteiger partial charge in [-0.25, -0.2) is 0 Å². The van der Waals surface area contributed by atoms with Gasteiger partial charge >= 0.3 is 0 Å². The van der Waals surface area contributed by atoms with Gasteiger partial charge in [-0.2, -0.15) is 0 Å². The highest BCUT2D eigenvalue weighted by atomic mass is 16.2. The second-order valence-electron chi connectivity index (χ2n) is 4.26. The van der Waals surface area contributed by atoms with Crippen LogP contribution in [-0.4, -0.2) is 25.0 Å². The zero-order chi connectivity index (χ0) is 11.7. The van der Waals surface area contributed by atoms with Crippen molar-refractivity contribution in [3.05, 3.63) is 0 Å². The van der Waals surface area contributed by atoms with Gasteiger partial charge < -0.3 is 16.8 Å². The molecule has 0 fully saturated rings. The van der Waals surface area contributed by atoms with Gasteiger partial charge in [0.25, 0.3) is 0 Å². The maximum atomic E-state index is 11.4. The van der Waals surface area contributed by atoms with E-state index in [1.807, 2.05) is 13.8 Å². The van der Waals surface area contributed by atoms with Crippen molar-refractivity contribution in [1.29, 1.82) is 0 Å². The number of hydrogen-bond acceptors (Lipinski definition) is 3. The number of amides is 1. The van der Waals surface area contributed by atoms with Crippen LogP contribution < -0.4 is 16.8 Å². The predicted octanol–water partition coefficient (Wildman–Crippen LogP) is 0.605. The lowest BCUT2D eigenvalue weighted by molar-refractivity contribution is -0.123. The largest absolute Gasteiger partial charge is 0.355 e. The monoisotopic (exact) mass is 215 g/mol. The van der Waals surface area contributed by atoms with Crippen molar-refractivity contribution in [2.75, 3.05) is 13.1 Å². The molecule has 1 amide bonds. The Labute approximate surface area is 92.8 Å². The molecular formula is C11H25N3O. The first-order valence-electron chi connectivity index (χ1n) is 5.83. The minimum Gasteiger partial charge on any atom is -0.355 e. The molecule has 0 unspecified atom stereocenters. The first-order chi connectivity index (χ1) is 7.09. The fraction of sp³-hybridized carbons (Fsp3) is 0.909. The maximum Gasteiger partial charge on any atom is 0.237 e. The van der Waals surface area contributed by atoms with Gasteiger partial charge in [-0.1, -0.05) is 26.7 Å². The summed E-state index contributed by atoms with van der Waals surface area (Å²) in [5.41, 5.74) is 11.1. The van der Waals surface area contributed by atoms with Crippen molar-refractivity contribution in [3.8, 4) is 0 Å². The van der Waals surface area contributed by atoms with E-state index in [0.29, 0.717) is 0 Å². The number of rotatable bonds is 8. The van der Waals surface area contributed by atoms with Crippen molar-refractivity contribution in [1.82, 2.24) is 5.32 Å². The van der Waals surface area contributed by atoms with Crippen LogP contribution in [0.5, 0.6) is 0 Å². The average molecular weight is 215 g/mol. The highest BCUT2D eigenvalue weighted by Gasteiger charge is 2.15. The quantitative estimate of drug-likeness (QED) is 0.519. The SMILES string of the molecule is CC(C)[C@@H](N)C(=O)NCCCCCCN. The summed E-state index contributed by atoms with van der Waals surface area (Å²) < 4.78 is 0. The summed E-state index contributed by atoms with van der Waals surface area (Å²) >= 11 is 0. The lowest BCUT2D eigenvalue weighted by Gasteiger charge is -2.15. The Morgan fingerprint density at radius 1 is 1.20 bits per heavy atom. The number of hydrogen-bond donors (Lipinski definition) is 3. The Morgan fingerprint density at radius 3 is 2.33 bits per heavy atom. The molecular weight excluding hydrogens is 190 g/mol. The van der Waals surface area contributed by atoms with Crippen LogP contribution in [0, 0.1) is 5.92 Å². The number of carbonyl (C=O) groups is 1. The van der Waals surface area contributed by atoms with E-state index in [1.165, 1.54) is 0 Å². The zero-order valence-corrected chi connectivity index (χ0v) is 9.96. The van der Waals surface area contributed by atoms with Crippen molar-refractivity contribution >= 4 is 5.91 Å². The summed E-state index contributed by atoms with van der Waals surface area (Å²) in [4.78, 5) is 11.4.